The van der Waals surface area contributed by atoms with Crippen molar-refractivity contribution in [1.82, 2.24) is 4.98 Å². The molecule has 1 aromatic carbocycles. The first-order valence-corrected chi connectivity index (χ1v) is 9.09. The summed E-state index contributed by atoms with van der Waals surface area (Å²) >= 11 is 1.16. The lowest BCUT2D eigenvalue weighted by molar-refractivity contribution is 0.102. The van der Waals surface area contributed by atoms with E-state index in [4.69, 9.17) is 4.74 Å². The fourth-order valence-electron chi connectivity index (χ4n) is 1.78. The fraction of sp³-hybridized carbons (Fsp3) is 0.333. The number of carbonyl (C=O) groups is 1. The molecule has 2 rings (SSSR count). The number of nitrogens with zero attached hydrogens (tertiary/aromatic N) is 1. The van der Waals surface area contributed by atoms with Gasteiger partial charge < -0.3 is 9.84 Å². The highest BCUT2D eigenvalue weighted by Gasteiger charge is 2.18. The van der Waals surface area contributed by atoms with Crippen LogP contribution >= 0.6 is 11.3 Å². The third kappa shape index (κ3) is 4.08. The number of anilines is 1. The predicted octanol–water partition coefficient (Wildman–Crippen LogP) is 3.02. The minimum absolute atomic E-state index is 0.0223. The van der Waals surface area contributed by atoms with Gasteiger partial charge in [-0.15, -0.1) is 0 Å². The number of para-hydroxylation sites is 1. The van der Waals surface area contributed by atoms with Crippen molar-refractivity contribution in [2.24, 2.45) is 0 Å². The Kier molecular flexibility index (Phi) is 5.73. The molecule has 0 aliphatic heterocycles. The predicted molar refractivity (Wildman–Crippen MR) is 90.9 cm³/mol. The van der Waals surface area contributed by atoms with E-state index in [1.165, 1.54) is 12.3 Å². The molecule has 0 aliphatic carbocycles. The zero-order valence-corrected chi connectivity index (χ0v) is 14.7. The summed E-state index contributed by atoms with van der Waals surface area (Å²) in [7, 11) is -1.15. The molecule has 1 atom stereocenters. The Hall–Kier alpha value is -1.93. The van der Waals surface area contributed by atoms with Gasteiger partial charge >= 0.3 is 0 Å². The summed E-state index contributed by atoms with van der Waals surface area (Å²) in [6.45, 7) is 5.88. The quantitative estimate of drug-likeness (QED) is 0.832. The topological polar surface area (TPSA) is 88.5 Å². The fourth-order valence-corrected chi connectivity index (χ4v) is 4.09. The maximum Gasteiger partial charge on any atom is 0.261 e. The van der Waals surface area contributed by atoms with Crippen molar-refractivity contribution >= 4 is 33.2 Å². The molecule has 6 nitrogen and oxygen atoms in total. The van der Waals surface area contributed by atoms with E-state index < -0.39 is 16.7 Å². The van der Waals surface area contributed by atoms with Crippen LogP contribution in [0.1, 0.15) is 31.1 Å². The molecule has 1 amide bonds. The molecule has 0 aliphatic rings. The number of amides is 1. The third-order valence-electron chi connectivity index (χ3n) is 2.87. The Morgan fingerprint density at radius 3 is 2.87 bits per heavy atom. The lowest BCUT2D eigenvalue weighted by atomic mass is 10.1. The third-order valence-corrected chi connectivity index (χ3v) is 5.68. The van der Waals surface area contributed by atoms with Gasteiger partial charge in [-0.1, -0.05) is 31.3 Å². The van der Waals surface area contributed by atoms with Crippen LogP contribution in [0.4, 0.5) is 5.13 Å². The molecule has 2 aromatic rings. The molecular formula is C15H18N2O4S2. The van der Waals surface area contributed by atoms with Gasteiger partial charge in [0, 0.05) is 5.25 Å². The van der Waals surface area contributed by atoms with Gasteiger partial charge in [-0.3, -0.25) is 14.3 Å². The minimum Gasteiger partial charge on any atom is -0.504 e. The summed E-state index contributed by atoms with van der Waals surface area (Å²) < 4.78 is 17.9. The Morgan fingerprint density at radius 2 is 2.22 bits per heavy atom. The van der Waals surface area contributed by atoms with Crippen LogP contribution in [-0.4, -0.2) is 32.1 Å². The van der Waals surface area contributed by atoms with E-state index in [0.717, 1.165) is 11.3 Å². The lowest BCUT2D eigenvalue weighted by Gasteiger charge is -2.09. The van der Waals surface area contributed by atoms with Crippen molar-refractivity contribution in [1.29, 1.82) is 0 Å². The Balaban J connectivity index is 2.17. The van der Waals surface area contributed by atoms with Gasteiger partial charge in [-0.2, -0.15) is 0 Å². The molecule has 0 radical (unpaired) electrons. The van der Waals surface area contributed by atoms with Crippen LogP contribution < -0.4 is 10.1 Å². The van der Waals surface area contributed by atoms with Gasteiger partial charge in [0.2, 0.25) is 0 Å². The van der Waals surface area contributed by atoms with Gasteiger partial charge in [0.1, 0.15) is 4.21 Å². The van der Waals surface area contributed by atoms with Crippen LogP contribution in [0.2, 0.25) is 0 Å². The second kappa shape index (κ2) is 7.56. The zero-order valence-electron chi connectivity index (χ0n) is 13.0. The molecule has 1 unspecified atom stereocenters. The number of rotatable bonds is 6. The number of thiazole rings is 1. The summed E-state index contributed by atoms with van der Waals surface area (Å²) in [4.78, 5) is 16.3. The van der Waals surface area contributed by atoms with Crippen LogP contribution in [0.25, 0.3) is 0 Å². The molecule has 1 aromatic heterocycles. The highest BCUT2D eigenvalue weighted by Crippen LogP contribution is 2.31. The molecule has 23 heavy (non-hydrogen) atoms. The molecule has 124 valence electrons. The van der Waals surface area contributed by atoms with E-state index in [1.54, 1.807) is 19.1 Å². The van der Waals surface area contributed by atoms with Crippen LogP contribution in [0.5, 0.6) is 11.5 Å². The monoisotopic (exact) mass is 354 g/mol. The molecule has 0 saturated heterocycles. The average Bonchev–Trinajstić information content (AvgIpc) is 2.97. The maximum atomic E-state index is 12.3. The highest BCUT2D eigenvalue weighted by molar-refractivity contribution is 7.88. The van der Waals surface area contributed by atoms with Gasteiger partial charge in [-0.25, -0.2) is 4.98 Å². The van der Waals surface area contributed by atoms with Gasteiger partial charge in [0.15, 0.2) is 16.6 Å². The van der Waals surface area contributed by atoms with Gasteiger partial charge in [0.25, 0.3) is 5.91 Å². The molecule has 0 spiro atoms. The standard InChI is InChI=1S/C15H18N2O4S2/c1-4-21-11-7-5-6-10(13(11)18)14(19)17-15-16-8-12(22-15)23(20)9(2)3/h5-9,18H,4H2,1-3H3,(H,16,17,19). The van der Waals surface area contributed by atoms with E-state index in [0.29, 0.717) is 15.9 Å². The first-order valence-electron chi connectivity index (χ1n) is 7.06. The van der Waals surface area contributed by atoms with Gasteiger partial charge in [0.05, 0.1) is 29.2 Å². The Morgan fingerprint density at radius 1 is 1.48 bits per heavy atom. The van der Waals surface area contributed by atoms with E-state index in [9.17, 15) is 14.1 Å². The number of phenols is 1. The molecule has 8 heteroatoms. The lowest BCUT2D eigenvalue weighted by Crippen LogP contribution is -2.12. The number of phenolic OH excluding ortho intramolecular Hbond substituents is 1. The van der Waals surface area contributed by atoms with Crippen molar-refractivity contribution in [2.45, 2.75) is 30.2 Å². The minimum atomic E-state index is -1.15. The Bertz CT molecular complexity index is 728. The number of ether oxygens (including phenoxy) is 1. The van der Waals surface area contributed by atoms with E-state index in [1.807, 2.05) is 13.8 Å². The molecule has 0 fully saturated rings. The van der Waals surface area contributed by atoms with Crippen molar-refractivity contribution in [2.75, 3.05) is 11.9 Å². The molecular weight excluding hydrogens is 336 g/mol. The van der Waals surface area contributed by atoms with Crippen LogP contribution in [0.15, 0.2) is 28.6 Å². The van der Waals surface area contributed by atoms with Crippen molar-refractivity contribution in [3.8, 4) is 11.5 Å². The molecule has 2 N–H and O–H groups in total. The van der Waals surface area contributed by atoms with E-state index in [-0.39, 0.29) is 22.3 Å². The number of hydrogen-bond acceptors (Lipinski definition) is 6. The van der Waals surface area contributed by atoms with Crippen LogP contribution in [0.3, 0.4) is 0 Å². The number of nitrogens with one attached hydrogen (secondary N) is 1. The number of benzene rings is 1. The molecule has 0 saturated carbocycles. The number of aromatic nitrogens is 1. The van der Waals surface area contributed by atoms with Crippen molar-refractivity contribution < 1.29 is 18.8 Å². The summed E-state index contributed by atoms with van der Waals surface area (Å²) in [5.74, 6) is -0.462. The number of aromatic hydroxyl groups is 1. The Labute approximate surface area is 141 Å². The summed E-state index contributed by atoms with van der Waals surface area (Å²) in [6, 6.07) is 4.71. The summed E-state index contributed by atoms with van der Waals surface area (Å²) in [5.41, 5.74) is 0.0951. The highest BCUT2D eigenvalue weighted by atomic mass is 32.2. The maximum absolute atomic E-state index is 12.3. The summed E-state index contributed by atoms with van der Waals surface area (Å²) in [5, 5.41) is 13.0. The first-order chi connectivity index (χ1) is 10.9. The van der Waals surface area contributed by atoms with E-state index >= 15 is 0 Å². The second-order valence-corrected chi connectivity index (χ2v) is 8.14. The molecule has 1 heterocycles. The zero-order chi connectivity index (χ0) is 17.0. The van der Waals surface area contributed by atoms with E-state index in [2.05, 4.69) is 10.3 Å². The van der Waals surface area contributed by atoms with Crippen molar-refractivity contribution in [3.05, 3.63) is 30.0 Å². The van der Waals surface area contributed by atoms with Crippen molar-refractivity contribution in [3.63, 3.8) is 0 Å². The number of carbonyl (C=O) groups excluding carboxylic acids is 1. The SMILES string of the molecule is CCOc1cccc(C(=O)Nc2ncc(S(=O)C(C)C)s2)c1O. The normalized spacial score (nSPS) is 12.2. The van der Waals surface area contributed by atoms with Gasteiger partial charge in [-0.05, 0) is 19.1 Å². The number of hydrogen-bond donors (Lipinski definition) is 2. The molecule has 0 bridgehead atoms. The summed E-state index contributed by atoms with van der Waals surface area (Å²) in [6.07, 6.45) is 1.49. The average molecular weight is 354 g/mol. The largest absolute Gasteiger partial charge is 0.504 e. The van der Waals surface area contributed by atoms with Crippen LogP contribution in [-0.2, 0) is 10.8 Å². The van der Waals surface area contributed by atoms with Crippen LogP contribution in [0, 0.1) is 0 Å². The first kappa shape index (κ1) is 17.4. The second-order valence-electron chi connectivity index (χ2n) is 4.87. The smallest absolute Gasteiger partial charge is 0.261 e.